The molecule has 2 nitrogen and oxygen atoms in total. The maximum Gasteiger partial charge on any atom is 0.160 e. The largest absolute Gasteiger partial charge is 0.228 e. The number of fused-ring (bicyclic) bond motifs is 4. The van der Waals surface area contributed by atoms with Crippen LogP contribution in [0.3, 0.4) is 0 Å². The monoisotopic (exact) mass is 826 g/mol. The standard InChI is InChI=1S/C63H42N2/c1-5-19-43(20-6-1)47-23-17-24-48(41-47)59-42-60(65-62(64-59)46-21-7-2-8-22-46)55-40-39-51(53-29-13-14-30-54(53)55)44-35-37-45(38-36-44)52-32-18-34-58-61(52)56-31-15-16-33-57(56)63(58,49-25-9-3-10-26-49)50-27-11-4-12-28-50/h1-42H. The number of hydrogen-bond acceptors (Lipinski definition) is 2. The van der Waals surface area contributed by atoms with E-state index < -0.39 is 5.41 Å². The van der Waals surface area contributed by atoms with Gasteiger partial charge in [-0.15, -0.1) is 0 Å². The fourth-order valence-corrected chi connectivity index (χ4v) is 10.3. The molecule has 65 heavy (non-hydrogen) atoms. The van der Waals surface area contributed by atoms with Crippen molar-refractivity contribution in [2.24, 2.45) is 0 Å². The van der Waals surface area contributed by atoms with Gasteiger partial charge < -0.3 is 0 Å². The van der Waals surface area contributed by atoms with Crippen LogP contribution in [0.5, 0.6) is 0 Å². The summed E-state index contributed by atoms with van der Waals surface area (Å²) in [5.74, 6) is 0.701. The maximum absolute atomic E-state index is 5.26. The van der Waals surface area contributed by atoms with Crippen LogP contribution < -0.4 is 0 Å². The Hall–Kier alpha value is -8.46. The van der Waals surface area contributed by atoms with E-state index in [0.717, 1.165) is 39.0 Å². The molecule has 0 fully saturated rings. The van der Waals surface area contributed by atoms with Crippen LogP contribution in [0, 0.1) is 0 Å². The van der Waals surface area contributed by atoms with Gasteiger partial charge in [0.15, 0.2) is 5.82 Å². The SMILES string of the molecule is c1ccc(-c2cccc(-c3cc(-c4ccc(-c5ccc(-c6cccc7c6-c6ccccc6C7(c6ccccc6)c6ccccc6)cc5)c5ccccc45)nc(-c4ccccc4)n3)c2)cc1. The van der Waals surface area contributed by atoms with Crippen LogP contribution in [-0.4, -0.2) is 9.97 Å². The summed E-state index contributed by atoms with van der Waals surface area (Å²) in [7, 11) is 0. The topological polar surface area (TPSA) is 25.8 Å². The van der Waals surface area contributed by atoms with Gasteiger partial charge in [0.1, 0.15) is 0 Å². The Labute approximate surface area is 379 Å². The summed E-state index contributed by atoms with van der Waals surface area (Å²) in [6, 6.07) is 91.9. The van der Waals surface area contributed by atoms with Crippen molar-refractivity contribution >= 4 is 10.8 Å². The summed E-state index contributed by atoms with van der Waals surface area (Å²) in [5, 5.41) is 2.32. The third kappa shape index (κ3) is 6.50. The average Bonchev–Trinajstić information content (AvgIpc) is 3.71. The Morgan fingerprint density at radius 1 is 0.262 bits per heavy atom. The molecule has 304 valence electrons. The van der Waals surface area contributed by atoms with Crippen molar-refractivity contribution < 1.29 is 0 Å². The summed E-state index contributed by atoms with van der Waals surface area (Å²) in [5.41, 5.74) is 19.3. The van der Waals surface area contributed by atoms with E-state index in [0.29, 0.717) is 5.82 Å². The molecule has 2 heteroatoms. The van der Waals surface area contributed by atoms with E-state index >= 15 is 0 Å². The van der Waals surface area contributed by atoms with Crippen LogP contribution in [0.15, 0.2) is 255 Å². The lowest BCUT2D eigenvalue weighted by atomic mass is 9.67. The minimum Gasteiger partial charge on any atom is -0.228 e. The predicted octanol–water partition coefficient (Wildman–Crippen LogP) is 16.0. The lowest BCUT2D eigenvalue weighted by Crippen LogP contribution is -2.28. The molecule has 0 spiro atoms. The lowest BCUT2D eigenvalue weighted by Gasteiger charge is -2.34. The van der Waals surface area contributed by atoms with Gasteiger partial charge in [-0.3, -0.25) is 0 Å². The fourth-order valence-electron chi connectivity index (χ4n) is 10.3. The van der Waals surface area contributed by atoms with Crippen LogP contribution in [0.1, 0.15) is 22.3 Å². The van der Waals surface area contributed by atoms with E-state index in [1.54, 1.807) is 0 Å². The first-order valence-corrected chi connectivity index (χ1v) is 22.3. The van der Waals surface area contributed by atoms with E-state index in [-0.39, 0.29) is 0 Å². The van der Waals surface area contributed by atoms with Gasteiger partial charge in [-0.05, 0) is 89.7 Å². The first kappa shape index (κ1) is 38.2. The first-order chi connectivity index (χ1) is 32.2. The third-order valence-corrected chi connectivity index (χ3v) is 13.2. The molecule has 1 aliphatic carbocycles. The van der Waals surface area contributed by atoms with Gasteiger partial charge in [0.25, 0.3) is 0 Å². The van der Waals surface area contributed by atoms with Crippen molar-refractivity contribution in [3.8, 4) is 78.4 Å². The third-order valence-electron chi connectivity index (χ3n) is 13.2. The second kappa shape index (κ2) is 16.0. The number of rotatable bonds is 8. The van der Waals surface area contributed by atoms with E-state index in [1.807, 2.05) is 18.2 Å². The number of benzene rings is 10. The molecule has 12 rings (SSSR count). The zero-order valence-corrected chi connectivity index (χ0v) is 35.6. The van der Waals surface area contributed by atoms with Gasteiger partial charge >= 0.3 is 0 Å². The maximum atomic E-state index is 5.26. The fraction of sp³-hybridized carbons (Fsp3) is 0.0159. The second-order valence-electron chi connectivity index (χ2n) is 16.8. The molecule has 0 unspecified atom stereocenters. The van der Waals surface area contributed by atoms with Gasteiger partial charge in [0.05, 0.1) is 16.8 Å². The molecule has 0 bridgehead atoms. The molecule has 1 heterocycles. The Morgan fingerprint density at radius 2 is 0.738 bits per heavy atom. The molecule has 0 N–H and O–H groups in total. The Balaban J connectivity index is 0.962. The van der Waals surface area contributed by atoms with Gasteiger partial charge in [0.2, 0.25) is 0 Å². The normalized spacial score (nSPS) is 12.4. The summed E-state index contributed by atoms with van der Waals surface area (Å²) < 4.78 is 0. The predicted molar refractivity (Wildman–Crippen MR) is 269 cm³/mol. The van der Waals surface area contributed by atoms with Gasteiger partial charge in [-0.25, -0.2) is 9.97 Å². The van der Waals surface area contributed by atoms with Crippen LogP contribution in [0.2, 0.25) is 0 Å². The summed E-state index contributed by atoms with van der Waals surface area (Å²) >= 11 is 0. The molecule has 0 amide bonds. The Kier molecular flexibility index (Phi) is 9.43. The molecular weight excluding hydrogens is 785 g/mol. The molecular formula is C63H42N2. The van der Waals surface area contributed by atoms with Gasteiger partial charge in [0, 0.05) is 16.7 Å². The number of nitrogens with zero attached hydrogens (tertiary/aromatic N) is 2. The molecule has 10 aromatic carbocycles. The van der Waals surface area contributed by atoms with Crippen LogP contribution >= 0.6 is 0 Å². The molecule has 0 atom stereocenters. The quantitative estimate of drug-likeness (QED) is 0.152. The van der Waals surface area contributed by atoms with E-state index in [9.17, 15) is 0 Å². The summed E-state index contributed by atoms with van der Waals surface area (Å²) in [4.78, 5) is 10.4. The van der Waals surface area contributed by atoms with Crippen LogP contribution in [0.4, 0.5) is 0 Å². The highest BCUT2D eigenvalue weighted by Gasteiger charge is 2.46. The Morgan fingerprint density at radius 3 is 1.43 bits per heavy atom. The highest BCUT2D eigenvalue weighted by molar-refractivity contribution is 6.05. The van der Waals surface area contributed by atoms with Crippen LogP contribution in [-0.2, 0) is 5.41 Å². The van der Waals surface area contributed by atoms with Crippen molar-refractivity contribution in [1.29, 1.82) is 0 Å². The zero-order chi connectivity index (χ0) is 43.2. The molecule has 11 aromatic rings. The van der Waals surface area contributed by atoms with E-state index in [4.69, 9.17) is 9.97 Å². The number of aromatic nitrogens is 2. The highest BCUT2D eigenvalue weighted by atomic mass is 14.9. The van der Waals surface area contributed by atoms with Gasteiger partial charge in [-0.1, -0.05) is 243 Å². The molecule has 0 aliphatic heterocycles. The summed E-state index contributed by atoms with van der Waals surface area (Å²) in [6.45, 7) is 0. The molecule has 0 saturated carbocycles. The van der Waals surface area contributed by atoms with Crippen molar-refractivity contribution in [2.45, 2.75) is 5.41 Å². The van der Waals surface area contributed by atoms with Crippen LogP contribution in [0.25, 0.3) is 89.2 Å². The molecule has 1 aliphatic rings. The first-order valence-electron chi connectivity index (χ1n) is 22.3. The van der Waals surface area contributed by atoms with E-state index in [1.165, 1.54) is 66.6 Å². The van der Waals surface area contributed by atoms with Gasteiger partial charge in [-0.2, -0.15) is 0 Å². The highest BCUT2D eigenvalue weighted by Crippen LogP contribution is 2.58. The molecule has 0 saturated heterocycles. The van der Waals surface area contributed by atoms with Crippen molar-refractivity contribution in [3.05, 3.63) is 277 Å². The van der Waals surface area contributed by atoms with Crippen molar-refractivity contribution in [1.82, 2.24) is 9.97 Å². The number of hydrogen-bond donors (Lipinski definition) is 0. The second-order valence-corrected chi connectivity index (χ2v) is 16.8. The Bertz CT molecular complexity index is 3470. The molecule has 1 aromatic heterocycles. The smallest absolute Gasteiger partial charge is 0.160 e. The van der Waals surface area contributed by atoms with Crippen molar-refractivity contribution in [3.63, 3.8) is 0 Å². The van der Waals surface area contributed by atoms with Crippen molar-refractivity contribution in [2.75, 3.05) is 0 Å². The zero-order valence-electron chi connectivity index (χ0n) is 35.6. The molecule has 0 radical (unpaired) electrons. The lowest BCUT2D eigenvalue weighted by molar-refractivity contribution is 0.768. The average molecular weight is 827 g/mol. The van der Waals surface area contributed by atoms with E-state index in [2.05, 4.69) is 237 Å². The minimum atomic E-state index is -0.441. The summed E-state index contributed by atoms with van der Waals surface area (Å²) in [6.07, 6.45) is 0. The minimum absolute atomic E-state index is 0.441.